The molecular weight excluding hydrogens is 398 g/mol. The molecule has 1 fully saturated rings. The summed E-state index contributed by atoms with van der Waals surface area (Å²) in [7, 11) is 0. The Morgan fingerprint density at radius 3 is 2.70 bits per heavy atom. The lowest BCUT2D eigenvalue weighted by atomic mass is 9.95. The quantitative estimate of drug-likeness (QED) is 0.629. The number of nitrogens with zero attached hydrogens (tertiary/aromatic N) is 3. The molecule has 5 rings (SSSR count). The maximum atomic E-state index is 11.4. The first-order valence-electron chi connectivity index (χ1n) is 10.00. The summed E-state index contributed by atoms with van der Waals surface area (Å²) in [6.07, 6.45) is 13.3. The molecule has 1 aromatic carbocycles. The second-order valence-corrected chi connectivity index (χ2v) is 8.59. The predicted octanol–water partition coefficient (Wildman–Crippen LogP) is 4.98. The van der Waals surface area contributed by atoms with Gasteiger partial charge in [-0.1, -0.05) is 48.6 Å². The number of hydrogen-bond donors (Lipinski definition) is 1. The number of aliphatic carboxylic acids is 1. The van der Waals surface area contributed by atoms with Crippen molar-refractivity contribution >= 4 is 22.4 Å². The van der Waals surface area contributed by atoms with Crippen molar-refractivity contribution < 1.29 is 14.3 Å². The van der Waals surface area contributed by atoms with Crippen LogP contribution in [-0.2, 0) is 4.79 Å². The Labute approximate surface area is 178 Å². The topological polar surface area (TPSA) is 79.5 Å². The summed E-state index contributed by atoms with van der Waals surface area (Å²) >= 11 is 1.68. The number of carboxylic acid groups (broad SMARTS) is 1. The van der Waals surface area contributed by atoms with Crippen molar-refractivity contribution in [1.82, 2.24) is 9.97 Å². The average molecular weight is 420 g/mol. The minimum atomic E-state index is -0.724. The summed E-state index contributed by atoms with van der Waals surface area (Å²) in [4.78, 5) is 23.7. The van der Waals surface area contributed by atoms with E-state index in [0.717, 1.165) is 40.7 Å². The average Bonchev–Trinajstić information content (AvgIpc) is 3.55. The van der Waals surface area contributed by atoms with Crippen LogP contribution in [0.5, 0.6) is 0 Å². The van der Waals surface area contributed by atoms with Crippen LogP contribution in [0.2, 0.25) is 0 Å². The van der Waals surface area contributed by atoms with Crippen molar-refractivity contribution in [3.05, 3.63) is 66.0 Å². The van der Waals surface area contributed by atoms with E-state index in [2.05, 4.69) is 46.3 Å². The van der Waals surface area contributed by atoms with Crippen LogP contribution in [-0.4, -0.2) is 34.1 Å². The molecule has 2 unspecified atom stereocenters. The third-order valence-corrected chi connectivity index (χ3v) is 6.89. The van der Waals surface area contributed by atoms with Crippen LogP contribution in [0.15, 0.2) is 65.6 Å². The lowest BCUT2D eigenvalue weighted by molar-refractivity contribution is -0.140. The van der Waals surface area contributed by atoms with E-state index in [1.165, 1.54) is 11.3 Å². The van der Waals surface area contributed by atoms with Crippen molar-refractivity contribution in [3.8, 4) is 22.6 Å². The van der Waals surface area contributed by atoms with Crippen LogP contribution in [0, 0.1) is 5.92 Å². The number of benzene rings is 1. The zero-order valence-corrected chi connectivity index (χ0v) is 17.1. The highest BCUT2D eigenvalue weighted by Gasteiger charge is 2.31. The second kappa shape index (κ2) is 7.91. The van der Waals surface area contributed by atoms with Gasteiger partial charge in [-0.3, -0.25) is 4.79 Å². The number of allylic oxidation sites excluding steroid dienone is 4. The summed E-state index contributed by atoms with van der Waals surface area (Å²) < 4.78 is 5.39. The minimum Gasteiger partial charge on any atom is -0.481 e. The number of thiazole rings is 1. The van der Waals surface area contributed by atoms with E-state index in [1.54, 1.807) is 17.5 Å². The molecule has 3 aromatic rings. The minimum absolute atomic E-state index is 0.281. The Kier molecular flexibility index (Phi) is 4.96. The first-order chi connectivity index (χ1) is 14.7. The molecule has 152 valence electrons. The van der Waals surface area contributed by atoms with E-state index >= 15 is 0 Å². The summed E-state index contributed by atoms with van der Waals surface area (Å²) in [5.41, 5.74) is 2.99. The number of oxazole rings is 1. The van der Waals surface area contributed by atoms with Gasteiger partial charge in [0.25, 0.3) is 0 Å². The van der Waals surface area contributed by atoms with E-state index in [-0.39, 0.29) is 11.8 Å². The zero-order valence-electron chi connectivity index (χ0n) is 16.3. The molecule has 2 aromatic heterocycles. The zero-order chi connectivity index (χ0) is 20.5. The first-order valence-corrected chi connectivity index (χ1v) is 10.8. The molecule has 1 saturated heterocycles. The Hall–Kier alpha value is -3.19. The van der Waals surface area contributed by atoms with Crippen molar-refractivity contribution in [3.63, 3.8) is 0 Å². The molecule has 0 spiro atoms. The third-order valence-electron chi connectivity index (χ3n) is 5.64. The fourth-order valence-corrected chi connectivity index (χ4v) is 5.19. The molecule has 0 radical (unpaired) electrons. The highest BCUT2D eigenvalue weighted by Crippen LogP contribution is 2.42. The largest absolute Gasteiger partial charge is 0.481 e. The van der Waals surface area contributed by atoms with Gasteiger partial charge in [0.2, 0.25) is 0 Å². The molecule has 7 heteroatoms. The third kappa shape index (κ3) is 3.57. The smallest absolute Gasteiger partial charge is 0.308 e. The van der Waals surface area contributed by atoms with Gasteiger partial charge in [-0.25, -0.2) is 9.97 Å². The summed E-state index contributed by atoms with van der Waals surface area (Å²) in [5, 5.41) is 10.3. The monoisotopic (exact) mass is 419 g/mol. The van der Waals surface area contributed by atoms with Crippen molar-refractivity contribution in [2.24, 2.45) is 5.92 Å². The molecule has 0 amide bonds. The molecule has 0 bridgehead atoms. The van der Waals surface area contributed by atoms with Crippen LogP contribution >= 0.6 is 11.3 Å². The molecule has 1 aliphatic heterocycles. The molecule has 0 saturated carbocycles. The lowest BCUT2D eigenvalue weighted by Gasteiger charge is -2.14. The Balaban J connectivity index is 1.50. The van der Waals surface area contributed by atoms with Gasteiger partial charge in [0.15, 0.2) is 17.3 Å². The lowest BCUT2D eigenvalue weighted by Crippen LogP contribution is -2.22. The van der Waals surface area contributed by atoms with E-state index in [0.29, 0.717) is 13.0 Å². The summed E-state index contributed by atoms with van der Waals surface area (Å²) in [6.45, 7) is 1.25. The molecule has 2 atom stereocenters. The highest BCUT2D eigenvalue weighted by molar-refractivity contribution is 7.16. The van der Waals surface area contributed by atoms with Gasteiger partial charge in [-0.2, -0.15) is 0 Å². The number of anilines is 1. The standard InChI is InChI=1S/C23H21N3O3S/c27-22(28)18-10-11-26(13-18)23-25-20(21(30-23)17-4-2-1-3-5-17)16-8-6-15(7-9-16)19-12-24-14-29-19/h1-4,6-9,12,14,17-18H,5,10-11,13H2,(H,27,28). The van der Waals surface area contributed by atoms with Crippen LogP contribution in [0.1, 0.15) is 23.6 Å². The molecule has 2 aliphatic rings. The fourth-order valence-electron chi connectivity index (χ4n) is 3.97. The molecule has 6 nitrogen and oxygen atoms in total. The van der Waals surface area contributed by atoms with E-state index in [4.69, 9.17) is 9.40 Å². The SMILES string of the molecule is O=C(O)C1CCN(c2nc(-c3ccc(-c4cnco4)cc3)c(C3C=CC=CC3)s2)C1. The van der Waals surface area contributed by atoms with E-state index < -0.39 is 5.97 Å². The van der Waals surface area contributed by atoms with Gasteiger partial charge in [-0.05, 0) is 12.8 Å². The van der Waals surface area contributed by atoms with Gasteiger partial charge < -0.3 is 14.4 Å². The van der Waals surface area contributed by atoms with Crippen molar-refractivity contribution in [1.29, 1.82) is 0 Å². The van der Waals surface area contributed by atoms with Gasteiger partial charge >= 0.3 is 5.97 Å². The number of carboxylic acids is 1. The Morgan fingerprint density at radius 2 is 2.03 bits per heavy atom. The number of aromatic nitrogens is 2. The van der Waals surface area contributed by atoms with Crippen LogP contribution in [0.25, 0.3) is 22.6 Å². The van der Waals surface area contributed by atoms with Crippen molar-refractivity contribution in [2.45, 2.75) is 18.8 Å². The molecule has 3 heterocycles. The Bertz CT molecular complexity index is 1100. The maximum Gasteiger partial charge on any atom is 0.308 e. The van der Waals surface area contributed by atoms with E-state index in [1.807, 2.05) is 12.1 Å². The number of carbonyl (C=O) groups is 1. The Morgan fingerprint density at radius 1 is 1.20 bits per heavy atom. The number of rotatable bonds is 5. The first kappa shape index (κ1) is 18.8. The molecule has 30 heavy (non-hydrogen) atoms. The van der Waals surface area contributed by atoms with Gasteiger partial charge in [0.05, 0.1) is 17.8 Å². The highest BCUT2D eigenvalue weighted by atomic mass is 32.1. The molecule has 1 N–H and O–H groups in total. The number of hydrogen-bond acceptors (Lipinski definition) is 6. The van der Waals surface area contributed by atoms with Crippen LogP contribution in [0.3, 0.4) is 0 Å². The van der Waals surface area contributed by atoms with Gasteiger partial charge in [0.1, 0.15) is 0 Å². The fraction of sp³-hybridized carbons (Fsp3) is 0.261. The van der Waals surface area contributed by atoms with E-state index in [9.17, 15) is 9.90 Å². The maximum absolute atomic E-state index is 11.4. The molecule has 1 aliphatic carbocycles. The predicted molar refractivity (Wildman–Crippen MR) is 117 cm³/mol. The second-order valence-electron chi connectivity index (χ2n) is 7.58. The van der Waals surface area contributed by atoms with Crippen LogP contribution in [0.4, 0.5) is 5.13 Å². The van der Waals surface area contributed by atoms with Gasteiger partial charge in [0, 0.05) is 35.0 Å². The van der Waals surface area contributed by atoms with Crippen LogP contribution < -0.4 is 4.90 Å². The summed E-state index contributed by atoms with van der Waals surface area (Å²) in [5.74, 6) is -0.0294. The normalized spacial score (nSPS) is 20.7. The summed E-state index contributed by atoms with van der Waals surface area (Å²) in [6, 6.07) is 8.16. The van der Waals surface area contributed by atoms with Crippen molar-refractivity contribution in [2.75, 3.05) is 18.0 Å². The molecular formula is C23H21N3O3S. The van der Waals surface area contributed by atoms with Gasteiger partial charge in [-0.15, -0.1) is 11.3 Å².